The number of hydrogen-bond donors (Lipinski definition) is 0. The van der Waals surface area contributed by atoms with Crippen LogP contribution in [-0.2, 0) is 9.09 Å². The van der Waals surface area contributed by atoms with Crippen molar-refractivity contribution in [2.75, 3.05) is 7.11 Å². The first-order valence-electron chi connectivity index (χ1n) is 5.93. The monoisotopic (exact) mass is 274 g/mol. The molecule has 0 aliphatic heterocycles. The Hall–Kier alpha value is -1.70. The van der Waals surface area contributed by atoms with Crippen molar-refractivity contribution in [1.82, 2.24) is 0 Å². The molecule has 0 N–H and O–H groups in total. The van der Waals surface area contributed by atoms with Crippen molar-refractivity contribution < 1.29 is 13.9 Å². The van der Waals surface area contributed by atoms with Crippen LogP contribution in [0.25, 0.3) is 0 Å². The maximum atomic E-state index is 12.5. The first-order chi connectivity index (χ1) is 9.15. The van der Waals surface area contributed by atoms with Crippen LogP contribution in [0.15, 0.2) is 48.5 Å². The van der Waals surface area contributed by atoms with Crippen LogP contribution in [0, 0.1) is 6.92 Å². The van der Waals surface area contributed by atoms with Crippen molar-refractivity contribution >= 4 is 19.1 Å². The molecule has 0 amide bonds. The fourth-order valence-electron chi connectivity index (χ4n) is 1.94. The highest BCUT2D eigenvalue weighted by atomic mass is 31.1. The molecule has 0 saturated heterocycles. The molecule has 0 fully saturated rings. The number of carbonyl (C=O) groups is 1. The van der Waals surface area contributed by atoms with Crippen molar-refractivity contribution in [2.24, 2.45) is 0 Å². The summed E-state index contributed by atoms with van der Waals surface area (Å²) in [6.45, 7) is 1.88. The average molecular weight is 274 g/mol. The Morgan fingerprint density at radius 1 is 1.00 bits per heavy atom. The van der Waals surface area contributed by atoms with Crippen molar-refractivity contribution in [3.8, 4) is 0 Å². The molecule has 3 nitrogen and oxygen atoms in total. The van der Waals surface area contributed by atoms with Gasteiger partial charge in [0.1, 0.15) is 0 Å². The minimum absolute atomic E-state index is 0.121. The van der Waals surface area contributed by atoms with Gasteiger partial charge in [-0.25, -0.2) is 0 Å². The largest absolute Gasteiger partial charge is 0.331 e. The van der Waals surface area contributed by atoms with Gasteiger partial charge in [0.15, 0.2) is 5.78 Å². The molecule has 4 heteroatoms. The van der Waals surface area contributed by atoms with E-state index in [0.29, 0.717) is 16.4 Å². The van der Waals surface area contributed by atoms with Crippen LogP contribution in [0.1, 0.15) is 21.5 Å². The lowest BCUT2D eigenvalue weighted by atomic mass is 9.99. The molecule has 2 aromatic carbocycles. The van der Waals surface area contributed by atoms with Gasteiger partial charge < -0.3 is 4.52 Å². The third-order valence-corrected chi connectivity index (χ3v) is 4.21. The van der Waals surface area contributed by atoms with Crippen LogP contribution in [0.5, 0.6) is 0 Å². The minimum atomic E-state index is -2.37. The zero-order valence-corrected chi connectivity index (χ0v) is 11.8. The molecule has 0 aliphatic rings. The second kappa shape index (κ2) is 5.96. The summed E-state index contributed by atoms with van der Waals surface area (Å²) >= 11 is 0. The Balaban J connectivity index is 2.51. The van der Waals surface area contributed by atoms with Gasteiger partial charge in [-0.05, 0) is 18.6 Å². The first-order valence-corrected chi connectivity index (χ1v) is 7.24. The molecule has 0 radical (unpaired) electrons. The summed E-state index contributed by atoms with van der Waals surface area (Å²) < 4.78 is 16.8. The maximum absolute atomic E-state index is 12.5. The highest BCUT2D eigenvalue weighted by Gasteiger charge is 2.17. The second-order valence-corrected chi connectivity index (χ2v) is 5.70. The Bertz CT molecular complexity index is 635. The summed E-state index contributed by atoms with van der Waals surface area (Å²) in [5.74, 6) is -0.121. The molecule has 0 saturated carbocycles. The standard InChI is InChI=1S/C15H15O3P/c1-11-7-3-4-8-12(11)15(16)13-9-5-6-10-14(13)19(17)18-2/h3-10,19H,1-2H3. The lowest BCUT2D eigenvalue weighted by Crippen LogP contribution is -2.14. The van der Waals surface area contributed by atoms with E-state index in [-0.39, 0.29) is 5.78 Å². The van der Waals surface area contributed by atoms with Crippen molar-refractivity contribution in [3.05, 3.63) is 65.2 Å². The number of hydrogen-bond acceptors (Lipinski definition) is 3. The molecule has 0 bridgehead atoms. The average Bonchev–Trinajstić information content (AvgIpc) is 2.46. The summed E-state index contributed by atoms with van der Waals surface area (Å²) in [6.07, 6.45) is 0. The van der Waals surface area contributed by atoms with Crippen molar-refractivity contribution in [1.29, 1.82) is 0 Å². The number of carbonyl (C=O) groups excluding carboxylic acids is 1. The van der Waals surface area contributed by atoms with Crippen LogP contribution >= 0.6 is 8.03 Å². The fourth-order valence-corrected chi connectivity index (χ4v) is 2.81. The van der Waals surface area contributed by atoms with Gasteiger partial charge in [0, 0.05) is 23.5 Å². The predicted molar refractivity (Wildman–Crippen MR) is 76.7 cm³/mol. The minimum Gasteiger partial charge on any atom is -0.331 e. The third-order valence-electron chi connectivity index (χ3n) is 2.97. The highest BCUT2D eigenvalue weighted by Crippen LogP contribution is 2.24. The van der Waals surface area contributed by atoms with Gasteiger partial charge in [-0.2, -0.15) is 0 Å². The second-order valence-electron chi connectivity index (χ2n) is 4.18. The molecule has 0 heterocycles. The van der Waals surface area contributed by atoms with Gasteiger partial charge in [-0.1, -0.05) is 42.5 Å². The number of ketones is 1. The van der Waals surface area contributed by atoms with Crippen LogP contribution < -0.4 is 5.30 Å². The van der Waals surface area contributed by atoms with Crippen LogP contribution in [0.4, 0.5) is 0 Å². The van der Waals surface area contributed by atoms with E-state index < -0.39 is 8.03 Å². The van der Waals surface area contributed by atoms with E-state index in [1.165, 1.54) is 7.11 Å². The van der Waals surface area contributed by atoms with E-state index in [1.54, 1.807) is 30.3 Å². The van der Waals surface area contributed by atoms with Crippen molar-refractivity contribution in [2.45, 2.75) is 6.92 Å². The first kappa shape index (κ1) is 13.7. The van der Waals surface area contributed by atoms with E-state index in [9.17, 15) is 9.36 Å². The molecule has 0 aliphatic carbocycles. The molecule has 0 aromatic heterocycles. The summed E-state index contributed by atoms with van der Waals surface area (Å²) in [5, 5.41) is 0.475. The third kappa shape index (κ3) is 2.83. The Labute approximate surface area is 113 Å². The summed E-state index contributed by atoms with van der Waals surface area (Å²) in [6, 6.07) is 14.2. The van der Waals surface area contributed by atoms with E-state index >= 15 is 0 Å². The highest BCUT2D eigenvalue weighted by molar-refractivity contribution is 7.48. The SMILES string of the molecule is CO[PH](=O)c1ccccc1C(=O)c1ccccc1C. The molecule has 2 rings (SSSR count). The lowest BCUT2D eigenvalue weighted by Gasteiger charge is -2.09. The number of benzene rings is 2. The van der Waals surface area contributed by atoms with E-state index in [4.69, 9.17) is 4.52 Å². The number of rotatable bonds is 4. The molecule has 98 valence electrons. The van der Waals surface area contributed by atoms with Gasteiger partial charge >= 0.3 is 0 Å². The predicted octanol–water partition coefficient (Wildman–Crippen LogP) is 2.97. The van der Waals surface area contributed by atoms with E-state index in [0.717, 1.165) is 5.56 Å². The van der Waals surface area contributed by atoms with Gasteiger partial charge in [-0.15, -0.1) is 0 Å². The molecule has 19 heavy (non-hydrogen) atoms. The molecular weight excluding hydrogens is 259 g/mol. The summed E-state index contributed by atoms with van der Waals surface area (Å²) in [4.78, 5) is 12.5. The molecule has 2 aromatic rings. The van der Waals surface area contributed by atoms with Gasteiger partial charge in [0.25, 0.3) is 0 Å². The zero-order valence-electron chi connectivity index (χ0n) is 10.8. The van der Waals surface area contributed by atoms with Crippen LogP contribution in [-0.4, -0.2) is 12.9 Å². The Morgan fingerprint density at radius 2 is 1.58 bits per heavy atom. The topological polar surface area (TPSA) is 43.4 Å². The summed E-state index contributed by atoms with van der Waals surface area (Å²) in [7, 11) is -0.986. The van der Waals surface area contributed by atoms with Gasteiger partial charge in [-0.3, -0.25) is 9.36 Å². The van der Waals surface area contributed by atoms with Crippen LogP contribution in [0.2, 0.25) is 0 Å². The quantitative estimate of drug-likeness (QED) is 0.636. The van der Waals surface area contributed by atoms with Gasteiger partial charge in [0.2, 0.25) is 8.03 Å². The lowest BCUT2D eigenvalue weighted by molar-refractivity contribution is 0.103. The Morgan fingerprint density at radius 3 is 2.21 bits per heavy atom. The zero-order chi connectivity index (χ0) is 13.8. The molecular formula is C15H15O3P. The molecule has 1 atom stereocenters. The molecule has 1 unspecified atom stereocenters. The van der Waals surface area contributed by atoms with Gasteiger partial charge in [0.05, 0.1) is 0 Å². The number of aryl methyl sites for hydroxylation is 1. The smallest absolute Gasteiger partial charge is 0.221 e. The molecule has 0 spiro atoms. The Kier molecular flexibility index (Phi) is 4.31. The summed E-state index contributed by atoms with van der Waals surface area (Å²) in [5.41, 5.74) is 1.97. The van der Waals surface area contributed by atoms with E-state index in [2.05, 4.69) is 0 Å². The normalized spacial score (nSPS) is 12.1. The van der Waals surface area contributed by atoms with Crippen LogP contribution in [0.3, 0.4) is 0 Å². The fraction of sp³-hybridized carbons (Fsp3) is 0.133. The van der Waals surface area contributed by atoms with E-state index in [1.807, 2.05) is 25.1 Å². The maximum Gasteiger partial charge on any atom is 0.221 e. The van der Waals surface area contributed by atoms with Crippen molar-refractivity contribution in [3.63, 3.8) is 0 Å².